The van der Waals surface area contributed by atoms with Crippen molar-refractivity contribution in [1.82, 2.24) is 20.5 Å². The zero-order chi connectivity index (χ0) is 28.3. The van der Waals surface area contributed by atoms with E-state index in [1.54, 1.807) is 41.6 Å². The molecule has 0 saturated carbocycles. The molecule has 2 aromatic rings. The Labute approximate surface area is 235 Å². The quantitative estimate of drug-likeness (QED) is 0.0999. The number of amides is 4. The summed E-state index contributed by atoms with van der Waals surface area (Å²) in [6.45, 7) is 0. The van der Waals surface area contributed by atoms with E-state index in [0.29, 0.717) is 17.1 Å². The predicted octanol–water partition coefficient (Wildman–Crippen LogP) is -0.199. The number of aliphatic carboxylic acids is 1. The number of thioether (sulfide) groups is 2. The molecule has 2 atom stereocenters. The number of carboxylic acid groups (broad SMARTS) is 1. The number of nitrogens with zero attached hydrogens (tertiary/aromatic N) is 5. The number of carbonyl (C=O) groups excluding carboxylic acids is 3. The summed E-state index contributed by atoms with van der Waals surface area (Å²) in [7, 11) is 4.43. The van der Waals surface area contributed by atoms with Crippen LogP contribution in [0.3, 0.4) is 0 Å². The fourth-order valence-electron chi connectivity index (χ4n) is 3.83. The van der Waals surface area contributed by atoms with Crippen LogP contribution in [0.25, 0.3) is 0 Å². The minimum Gasteiger partial charge on any atom is -0.477 e. The molecule has 0 spiro atoms. The molecule has 2 aliphatic rings. The Balaban J connectivity index is 1.44. The number of fused-ring (bicyclic) bond motifs is 1. The summed E-state index contributed by atoms with van der Waals surface area (Å²) >= 11 is 3.90. The zero-order valence-corrected chi connectivity index (χ0v) is 23.4. The van der Waals surface area contributed by atoms with Gasteiger partial charge in [0.2, 0.25) is 12.4 Å². The van der Waals surface area contributed by atoms with Crippen molar-refractivity contribution in [2.45, 2.75) is 16.3 Å². The van der Waals surface area contributed by atoms with Gasteiger partial charge in [0.15, 0.2) is 10.8 Å². The highest BCUT2D eigenvalue weighted by Gasteiger charge is 2.54. The van der Waals surface area contributed by atoms with Crippen molar-refractivity contribution in [3.63, 3.8) is 0 Å². The summed E-state index contributed by atoms with van der Waals surface area (Å²) in [4.78, 5) is 60.7. The Morgan fingerprint density at radius 1 is 1.38 bits per heavy atom. The van der Waals surface area contributed by atoms with Crippen molar-refractivity contribution in [2.24, 2.45) is 5.16 Å². The molecule has 0 radical (unpaired) electrons. The number of nitrogens with one attached hydrogen (secondary N) is 2. The van der Waals surface area contributed by atoms with Crippen molar-refractivity contribution in [3.05, 3.63) is 46.9 Å². The van der Waals surface area contributed by atoms with Crippen LogP contribution in [0.1, 0.15) is 5.69 Å². The zero-order valence-electron chi connectivity index (χ0n) is 21.0. The number of hydrogen-bond donors (Lipinski definition) is 4. The number of nitrogens with two attached hydrogens (primary N) is 1. The Morgan fingerprint density at radius 2 is 2.10 bits per heavy atom. The van der Waals surface area contributed by atoms with Gasteiger partial charge in [0.1, 0.15) is 29.9 Å². The lowest BCUT2D eigenvalue weighted by atomic mass is 10.0. The lowest BCUT2D eigenvalue weighted by Crippen LogP contribution is -2.71. The van der Waals surface area contributed by atoms with E-state index in [0.717, 1.165) is 16.2 Å². The van der Waals surface area contributed by atoms with E-state index in [1.165, 1.54) is 47.6 Å². The fourth-order valence-corrected chi connectivity index (χ4v) is 6.75. The summed E-state index contributed by atoms with van der Waals surface area (Å²) in [5, 5.41) is 21.4. The van der Waals surface area contributed by atoms with Gasteiger partial charge in [-0.2, -0.15) is 0 Å². The van der Waals surface area contributed by atoms with Crippen LogP contribution in [0, 0.1) is 0 Å². The second kappa shape index (κ2) is 11.9. The molecule has 1 fully saturated rings. The highest BCUT2D eigenvalue weighted by atomic mass is 32.2. The lowest BCUT2D eigenvalue weighted by molar-refractivity contribution is -0.679. The van der Waals surface area contributed by atoms with Crippen LogP contribution in [-0.4, -0.2) is 88.6 Å². The molecule has 17 heteroatoms. The third-order valence-corrected chi connectivity index (χ3v) is 8.86. The maximum atomic E-state index is 13.0. The predicted molar refractivity (Wildman–Crippen MR) is 146 cm³/mol. The maximum Gasteiger partial charge on any atom is 0.370 e. The van der Waals surface area contributed by atoms with Crippen molar-refractivity contribution >= 4 is 69.5 Å². The van der Waals surface area contributed by atoms with Crippen molar-refractivity contribution in [3.8, 4) is 0 Å². The number of anilines is 1. The first-order valence-corrected chi connectivity index (χ1v) is 14.2. The van der Waals surface area contributed by atoms with Gasteiger partial charge in [0.25, 0.3) is 11.8 Å². The average Bonchev–Trinajstić information content (AvgIpc) is 3.37. The van der Waals surface area contributed by atoms with Crippen molar-refractivity contribution in [1.29, 1.82) is 0 Å². The molecular formula is C22H25N8O6S3+. The van der Waals surface area contributed by atoms with Gasteiger partial charge in [-0.05, 0) is 5.57 Å². The smallest absolute Gasteiger partial charge is 0.370 e. The molecule has 14 nitrogen and oxygen atoms in total. The number of aromatic nitrogens is 2. The molecule has 2 aliphatic heterocycles. The Bertz CT molecular complexity index is 1360. The highest BCUT2D eigenvalue weighted by Crippen LogP contribution is 2.41. The van der Waals surface area contributed by atoms with Crippen LogP contribution in [-0.2, 0) is 19.2 Å². The number of urea groups is 1. The van der Waals surface area contributed by atoms with E-state index in [-0.39, 0.29) is 28.3 Å². The molecule has 0 aromatic carbocycles. The number of pyridine rings is 1. The van der Waals surface area contributed by atoms with Gasteiger partial charge in [-0.15, -0.1) is 34.9 Å². The SMILES string of the molecule is CNC(=O)N(C)[n+]1ccc(SCC2=C(C(=O)O)N3C(=O)[C@@H](NC(=O)/C(=N\OC)c4csc(N)n4)[C@H]3SC2)cc1. The second-order valence-electron chi connectivity index (χ2n) is 8.09. The van der Waals surface area contributed by atoms with Crippen molar-refractivity contribution < 1.29 is 33.8 Å². The fraction of sp³-hybridized carbons (Fsp3) is 0.318. The molecule has 2 aromatic heterocycles. The molecule has 4 amide bonds. The van der Waals surface area contributed by atoms with Crippen LogP contribution in [0.4, 0.5) is 9.93 Å². The van der Waals surface area contributed by atoms with E-state index in [1.807, 2.05) is 0 Å². The first-order chi connectivity index (χ1) is 18.7. The van der Waals surface area contributed by atoms with E-state index in [2.05, 4.69) is 20.8 Å². The first kappa shape index (κ1) is 28.2. The molecule has 1 saturated heterocycles. The van der Waals surface area contributed by atoms with E-state index in [4.69, 9.17) is 10.6 Å². The molecule has 0 aliphatic carbocycles. The normalized spacial score (nSPS) is 18.7. The van der Waals surface area contributed by atoms with Gasteiger partial charge in [-0.1, -0.05) is 14.8 Å². The van der Waals surface area contributed by atoms with Crippen LogP contribution in [0.2, 0.25) is 0 Å². The molecule has 4 heterocycles. The molecule has 0 unspecified atom stereocenters. The number of hydrogen-bond acceptors (Lipinski definition) is 11. The van der Waals surface area contributed by atoms with E-state index < -0.39 is 29.2 Å². The number of rotatable bonds is 9. The summed E-state index contributed by atoms with van der Waals surface area (Å²) in [5.41, 5.74) is 6.22. The monoisotopic (exact) mass is 593 g/mol. The molecule has 5 N–H and O–H groups in total. The van der Waals surface area contributed by atoms with Gasteiger partial charge in [0, 0.05) is 41.0 Å². The maximum absolute atomic E-state index is 13.0. The number of carbonyl (C=O) groups is 4. The van der Waals surface area contributed by atoms with Crippen LogP contribution >= 0.6 is 34.9 Å². The topological polar surface area (TPSA) is 183 Å². The Morgan fingerprint density at radius 3 is 2.69 bits per heavy atom. The summed E-state index contributed by atoms with van der Waals surface area (Å²) in [5.74, 6) is -1.73. The second-order valence-corrected chi connectivity index (χ2v) is 11.1. The molecule has 0 bridgehead atoms. The molecular weight excluding hydrogens is 568 g/mol. The summed E-state index contributed by atoms with van der Waals surface area (Å²) in [6.07, 6.45) is 3.42. The number of oxime groups is 1. The highest BCUT2D eigenvalue weighted by molar-refractivity contribution is 8.01. The number of thiazole rings is 1. The van der Waals surface area contributed by atoms with Crippen LogP contribution in [0.15, 0.2) is 51.2 Å². The third-order valence-electron chi connectivity index (χ3n) is 5.75. The minimum absolute atomic E-state index is 0.0786. The lowest BCUT2D eigenvalue weighted by Gasteiger charge is -2.49. The van der Waals surface area contributed by atoms with Gasteiger partial charge < -0.3 is 26.3 Å². The first-order valence-electron chi connectivity index (χ1n) is 11.3. The minimum atomic E-state index is -1.22. The van der Waals surface area contributed by atoms with E-state index in [9.17, 15) is 24.3 Å². The summed E-state index contributed by atoms with van der Waals surface area (Å²) in [6, 6.07) is 2.39. The number of carboxylic acids is 1. The Hall–Kier alpha value is -3.83. The third kappa shape index (κ3) is 5.79. The molecule has 39 heavy (non-hydrogen) atoms. The Kier molecular flexibility index (Phi) is 8.61. The standard InChI is InChI=1S/C22H24N8O6S3/c1-24-22(35)28(2)29-6-4-12(5-7-29)37-8-11-9-38-19-15(18(32)30(19)16(11)20(33)34)26-17(31)14(27-36-3)13-10-39-21(23)25-13/h4-7,10,15,19H,8-9H2,1-3H3,(H4-,23,24,25,26,31,33,34,35)/p+1/b27-14-/t15-,19-/m1/s1. The number of nitrogen functional groups attached to an aromatic ring is 1. The van der Waals surface area contributed by atoms with Gasteiger partial charge >= 0.3 is 12.0 Å². The van der Waals surface area contributed by atoms with Gasteiger partial charge in [-0.3, -0.25) is 14.5 Å². The molecule has 206 valence electrons. The molecule has 4 rings (SSSR count). The van der Waals surface area contributed by atoms with Crippen LogP contribution in [0.5, 0.6) is 0 Å². The largest absolute Gasteiger partial charge is 0.477 e. The number of β-lactam (4-membered cyclic amide) rings is 1. The average molecular weight is 594 g/mol. The summed E-state index contributed by atoms with van der Waals surface area (Å²) < 4.78 is 1.60. The van der Waals surface area contributed by atoms with Crippen molar-refractivity contribution in [2.75, 3.05) is 43.5 Å². The van der Waals surface area contributed by atoms with Crippen LogP contribution < -0.4 is 26.1 Å². The van der Waals surface area contributed by atoms with Gasteiger partial charge in [0.05, 0.1) is 7.05 Å². The van der Waals surface area contributed by atoms with E-state index >= 15 is 0 Å². The van der Waals surface area contributed by atoms with Gasteiger partial charge in [-0.25, -0.2) is 14.6 Å².